The van der Waals surface area contributed by atoms with Gasteiger partial charge in [0.2, 0.25) is 0 Å². The number of nitrogens with one attached hydrogen (secondary N) is 1. The molecule has 0 bridgehead atoms. The predicted octanol–water partition coefficient (Wildman–Crippen LogP) is 4.80. The molecule has 0 spiro atoms. The maximum absolute atomic E-state index is 8.93. The van der Waals surface area contributed by atoms with Gasteiger partial charge in [0.25, 0.3) is 0 Å². The number of nitrogens with two attached hydrogens (primary N) is 1. The summed E-state index contributed by atoms with van der Waals surface area (Å²) in [5, 5.41) is 16.8. The Morgan fingerprint density at radius 2 is 1.95 bits per heavy atom. The maximum atomic E-state index is 8.93. The summed E-state index contributed by atoms with van der Waals surface area (Å²) in [6.07, 6.45) is 0. The fraction of sp³-hybridized carbons (Fsp3) is 0. The van der Waals surface area contributed by atoms with Crippen molar-refractivity contribution < 1.29 is 4.74 Å². The Hall–Kier alpha value is -1.93. The molecule has 0 aliphatic rings. The number of hydrogen-bond donors (Lipinski definition) is 2. The van der Waals surface area contributed by atoms with Crippen LogP contribution >= 0.6 is 34.8 Å². The highest BCUT2D eigenvalue weighted by Crippen LogP contribution is 2.38. The molecule has 2 aromatic carbocycles. The van der Waals surface area contributed by atoms with Gasteiger partial charge in [0, 0.05) is 10.7 Å². The Kier molecular flexibility index (Phi) is 4.59. The highest BCUT2D eigenvalue weighted by atomic mass is 35.5. The monoisotopic (exact) mass is 339 g/mol. The number of ether oxygens (including phenoxy) is 1. The van der Waals surface area contributed by atoms with Gasteiger partial charge >= 0.3 is 0 Å². The number of nitriles is 1. The Balaban J connectivity index is 2.54. The summed E-state index contributed by atoms with van der Waals surface area (Å²) in [6, 6.07) is 9.54. The molecule has 2 rings (SSSR count). The lowest BCUT2D eigenvalue weighted by atomic mass is 10.1. The lowest BCUT2D eigenvalue weighted by Gasteiger charge is -2.14. The summed E-state index contributed by atoms with van der Waals surface area (Å²) in [5.74, 6) is 0.438. The molecule has 0 aliphatic heterocycles. The first-order chi connectivity index (χ1) is 9.92. The van der Waals surface area contributed by atoms with Crippen LogP contribution in [0.4, 0.5) is 5.69 Å². The molecule has 0 saturated heterocycles. The number of rotatable bonds is 3. The molecule has 0 saturated carbocycles. The zero-order valence-corrected chi connectivity index (χ0v) is 12.7. The number of halogens is 3. The lowest BCUT2D eigenvalue weighted by Crippen LogP contribution is -2.02. The molecule has 4 nitrogen and oxygen atoms in total. The average Bonchev–Trinajstić information content (AvgIpc) is 2.41. The normalized spacial score (nSPS) is 10.0. The highest BCUT2D eigenvalue weighted by molar-refractivity contribution is 6.69. The first-order valence-corrected chi connectivity index (χ1v) is 6.76. The highest BCUT2D eigenvalue weighted by Gasteiger charge is 2.17. The molecular formula is C14H8Cl3N3O. The van der Waals surface area contributed by atoms with Gasteiger partial charge in [-0.3, -0.25) is 5.41 Å². The second-order valence-corrected chi connectivity index (χ2v) is 5.27. The molecule has 106 valence electrons. The average molecular weight is 341 g/mol. The van der Waals surface area contributed by atoms with Crippen molar-refractivity contribution in [2.45, 2.75) is 0 Å². The van der Waals surface area contributed by atoms with E-state index in [9.17, 15) is 0 Å². The molecule has 3 N–H and O–H groups in total. The number of benzene rings is 2. The first kappa shape index (κ1) is 15.5. The second-order valence-electron chi connectivity index (χ2n) is 4.04. The predicted molar refractivity (Wildman–Crippen MR) is 84.8 cm³/mol. The van der Waals surface area contributed by atoms with Gasteiger partial charge in [-0.15, -0.1) is 0 Å². The van der Waals surface area contributed by atoms with Gasteiger partial charge in [0.15, 0.2) is 5.75 Å². The van der Waals surface area contributed by atoms with E-state index in [1.807, 2.05) is 6.07 Å². The van der Waals surface area contributed by atoms with Gasteiger partial charge in [0.05, 0.1) is 22.2 Å². The Bertz CT molecular complexity index is 769. The SMILES string of the molecule is N#Cc1cc(Cl)cc(Oc2c(Cl)ccc(N)c2C(=N)Cl)c1. The van der Waals surface area contributed by atoms with Crippen LogP contribution in [-0.4, -0.2) is 5.17 Å². The molecule has 0 aliphatic carbocycles. The van der Waals surface area contributed by atoms with E-state index in [1.165, 1.54) is 30.3 Å². The van der Waals surface area contributed by atoms with Gasteiger partial charge in [-0.2, -0.15) is 5.26 Å². The minimum absolute atomic E-state index is 0.142. The summed E-state index contributed by atoms with van der Waals surface area (Å²) in [4.78, 5) is 0. The van der Waals surface area contributed by atoms with E-state index in [-0.39, 0.29) is 27.2 Å². The van der Waals surface area contributed by atoms with E-state index in [2.05, 4.69) is 0 Å². The summed E-state index contributed by atoms with van der Waals surface area (Å²) in [7, 11) is 0. The van der Waals surface area contributed by atoms with Gasteiger partial charge in [-0.05, 0) is 30.3 Å². The molecule has 0 heterocycles. The van der Waals surface area contributed by atoms with Crippen LogP contribution in [0.3, 0.4) is 0 Å². The van der Waals surface area contributed by atoms with E-state index >= 15 is 0 Å². The van der Waals surface area contributed by atoms with Crippen LogP contribution in [0.2, 0.25) is 10.0 Å². The fourth-order valence-electron chi connectivity index (χ4n) is 1.70. The van der Waals surface area contributed by atoms with Crippen molar-refractivity contribution in [2.24, 2.45) is 0 Å². The van der Waals surface area contributed by atoms with Crippen molar-refractivity contribution in [3.63, 3.8) is 0 Å². The molecule has 0 atom stereocenters. The quantitative estimate of drug-likeness (QED) is 0.621. The molecule has 0 unspecified atom stereocenters. The van der Waals surface area contributed by atoms with E-state index in [0.29, 0.717) is 16.3 Å². The van der Waals surface area contributed by atoms with Gasteiger partial charge in [-0.25, -0.2) is 0 Å². The molecule has 0 radical (unpaired) electrons. The first-order valence-electron chi connectivity index (χ1n) is 5.63. The van der Waals surface area contributed by atoms with Crippen LogP contribution in [0.5, 0.6) is 11.5 Å². The van der Waals surface area contributed by atoms with Crippen LogP contribution in [0.25, 0.3) is 0 Å². The summed E-state index contributed by atoms with van der Waals surface area (Å²) in [5.41, 5.74) is 6.57. The van der Waals surface area contributed by atoms with Gasteiger partial charge in [0.1, 0.15) is 10.9 Å². The molecule has 21 heavy (non-hydrogen) atoms. The summed E-state index contributed by atoms with van der Waals surface area (Å²) >= 11 is 17.7. The third kappa shape index (κ3) is 3.40. The van der Waals surface area contributed by atoms with Crippen LogP contribution < -0.4 is 10.5 Å². The molecule has 0 aromatic heterocycles. The van der Waals surface area contributed by atoms with Crippen LogP contribution in [0, 0.1) is 16.7 Å². The topological polar surface area (TPSA) is 82.9 Å². The summed E-state index contributed by atoms with van der Waals surface area (Å²) in [6.45, 7) is 0. The van der Waals surface area contributed by atoms with Crippen LogP contribution in [-0.2, 0) is 0 Å². The van der Waals surface area contributed by atoms with Gasteiger partial charge < -0.3 is 10.5 Å². The van der Waals surface area contributed by atoms with Crippen molar-refractivity contribution in [2.75, 3.05) is 5.73 Å². The third-order valence-corrected chi connectivity index (χ3v) is 3.29. The third-order valence-electron chi connectivity index (χ3n) is 2.58. The van der Waals surface area contributed by atoms with Crippen molar-refractivity contribution in [3.05, 3.63) is 51.5 Å². The number of nitrogen functional groups attached to an aromatic ring is 1. The van der Waals surface area contributed by atoms with Crippen LogP contribution in [0.1, 0.15) is 11.1 Å². The van der Waals surface area contributed by atoms with E-state index in [4.69, 9.17) is 55.9 Å². The largest absolute Gasteiger partial charge is 0.455 e. The minimum Gasteiger partial charge on any atom is -0.455 e. The van der Waals surface area contributed by atoms with Gasteiger partial charge in [-0.1, -0.05) is 34.8 Å². The number of hydrogen-bond acceptors (Lipinski definition) is 4. The number of nitrogens with zero attached hydrogens (tertiary/aromatic N) is 1. The summed E-state index contributed by atoms with van der Waals surface area (Å²) < 4.78 is 5.63. The molecular weight excluding hydrogens is 333 g/mol. The smallest absolute Gasteiger partial charge is 0.158 e. The zero-order valence-electron chi connectivity index (χ0n) is 10.5. The minimum atomic E-state index is -0.299. The Labute approximate surface area is 136 Å². The van der Waals surface area contributed by atoms with E-state index < -0.39 is 0 Å². The fourth-order valence-corrected chi connectivity index (χ4v) is 2.32. The van der Waals surface area contributed by atoms with Crippen molar-refractivity contribution in [1.82, 2.24) is 0 Å². The Morgan fingerprint density at radius 1 is 1.24 bits per heavy atom. The standard InChI is InChI=1S/C14H8Cl3N3O/c15-8-3-7(6-18)4-9(5-8)21-13-10(16)1-2-11(19)12(13)14(17)20/h1-5,20H,19H2. The molecule has 0 fully saturated rings. The van der Waals surface area contributed by atoms with Crippen molar-refractivity contribution in [3.8, 4) is 17.6 Å². The lowest BCUT2D eigenvalue weighted by molar-refractivity contribution is 0.482. The molecule has 7 heteroatoms. The van der Waals surface area contributed by atoms with Crippen molar-refractivity contribution in [1.29, 1.82) is 10.7 Å². The molecule has 0 amide bonds. The van der Waals surface area contributed by atoms with E-state index in [1.54, 1.807) is 0 Å². The zero-order chi connectivity index (χ0) is 15.6. The second kappa shape index (κ2) is 6.23. The van der Waals surface area contributed by atoms with E-state index in [0.717, 1.165) is 0 Å². The number of anilines is 1. The Morgan fingerprint density at radius 3 is 2.57 bits per heavy atom. The van der Waals surface area contributed by atoms with Crippen LogP contribution in [0.15, 0.2) is 30.3 Å². The maximum Gasteiger partial charge on any atom is 0.158 e. The van der Waals surface area contributed by atoms with Crippen molar-refractivity contribution >= 4 is 45.7 Å². The molecule has 2 aromatic rings.